The first-order valence-corrected chi connectivity index (χ1v) is 12.2. The maximum atomic E-state index is 12.2. The van der Waals surface area contributed by atoms with E-state index in [1.807, 2.05) is 4.72 Å². The largest absolute Gasteiger partial charge is 0.340 e. The fourth-order valence-corrected chi connectivity index (χ4v) is 5.49. The van der Waals surface area contributed by atoms with E-state index in [-0.39, 0.29) is 4.90 Å². The summed E-state index contributed by atoms with van der Waals surface area (Å²) in [5.74, 6) is 0.00678. The summed E-state index contributed by atoms with van der Waals surface area (Å²) < 4.78 is 26.3. The van der Waals surface area contributed by atoms with Crippen molar-refractivity contribution in [3.63, 3.8) is 0 Å². The number of rotatable bonds is 5. The lowest BCUT2D eigenvalue weighted by atomic mass is 9.99. The standard InChI is InChI=1S/C23H22N4O3S2/c1-13-5-6-17(11-14(13)2)20-15(3)31-23-21(20)22(24-12-25-23)26-18-7-9-19(10-8-18)32(29,30)27-16(4)28/h5-12H,1-4H3,(H,27,28)(H,24,25,26). The van der Waals surface area contributed by atoms with E-state index in [1.165, 1.54) is 29.6 Å². The molecule has 0 unspecified atom stereocenters. The van der Waals surface area contributed by atoms with Gasteiger partial charge in [-0.2, -0.15) is 0 Å². The number of hydrogen-bond donors (Lipinski definition) is 2. The molecule has 0 saturated carbocycles. The first kappa shape index (κ1) is 21.9. The number of aryl methyl sites for hydroxylation is 3. The number of carbonyl (C=O) groups is 1. The minimum Gasteiger partial charge on any atom is -0.340 e. The van der Waals surface area contributed by atoms with Gasteiger partial charge in [0.15, 0.2) is 0 Å². The van der Waals surface area contributed by atoms with E-state index in [4.69, 9.17) is 0 Å². The van der Waals surface area contributed by atoms with Crippen molar-refractivity contribution in [3.8, 4) is 11.1 Å². The summed E-state index contributed by atoms with van der Waals surface area (Å²) in [6.45, 7) is 7.41. The van der Waals surface area contributed by atoms with Gasteiger partial charge in [-0.05, 0) is 61.7 Å². The normalized spacial score (nSPS) is 11.5. The van der Waals surface area contributed by atoms with Gasteiger partial charge in [-0.15, -0.1) is 11.3 Å². The molecule has 1 amide bonds. The maximum absolute atomic E-state index is 12.2. The highest BCUT2D eigenvalue weighted by Crippen LogP contribution is 2.41. The van der Waals surface area contributed by atoms with Crippen molar-refractivity contribution < 1.29 is 13.2 Å². The molecule has 0 fully saturated rings. The van der Waals surface area contributed by atoms with E-state index in [0.29, 0.717) is 11.5 Å². The lowest BCUT2D eigenvalue weighted by molar-refractivity contribution is -0.117. The Morgan fingerprint density at radius 3 is 2.34 bits per heavy atom. The quantitative estimate of drug-likeness (QED) is 0.436. The molecule has 32 heavy (non-hydrogen) atoms. The van der Waals surface area contributed by atoms with E-state index < -0.39 is 15.9 Å². The van der Waals surface area contributed by atoms with E-state index in [0.717, 1.165) is 33.1 Å². The molecule has 0 aliphatic rings. The maximum Gasteiger partial charge on any atom is 0.264 e. The summed E-state index contributed by atoms with van der Waals surface area (Å²) in [5, 5.41) is 4.21. The number of anilines is 2. The Morgan fingerprint density at radius 2 is 1.69 bits per heavy atom. The molecule has 2 aromatic carbocycles. The van der Waals surface area contributed by atoms with Gasteiger partial charge in [-0.1, -0.05) is 18.2 Å². The molecule has 2 N–H and O–H groups in total. The molecule has 0 radical (unpaired) electrons. The number of amides is 1. The van der Waals surface area contributed by atoms with Crippen LogP contribution in [0.15, 0.2) is 53.7 Å². The zero-order chi connectivity index (χ0) is 23.0. The van der Waals surface area contributed by atoms with Crippen LogP contribution < -0.4 is 10.0 Å². The molecule has 0 aliphatic carbocycles. The van der Waals surface area contributed by atoms with Crippen LogP contribution in [0.3, 0.4) is 0 Å². The van der Waals surface area contributed by atoms with Gasteiger partial charge >= 0.3 is 0 Å². The molecule has 164 valence electrons. The van der Waals surface area contributed by atoms with Crippen LogP contribution >= 0.6 is 11.3 Å². The first-order valence-electron chi connectivity index (χ1n) is 9.88. The number of benzene rings is 2. The van der Waals surface area contributed by atoms with E-state index in [1.54, 1.807) is 23.5 Å². The van der Waals surface area contributed by atoms with Gasteiger partial charge in [-0.3, -0.25) is 4.79 Å². The molecule has 4 aromatic rings. The van der Waals surface area contributed by atoms with Gasteiger partial charge in [0.2, 0.25) is 5.91 Å². The molecule has 0 saturated heterocycles. The van der Waals surface area contributed by atoms with Gasteiger partial charge in [0.1, 0.15) is 17.0 Å². The molecule has 2 aromatic heterocycles. The van der Waals surface area contributed by atoms with Crippen LogP contribution in [-0.4, -0.2) is 24.3 Å². The minimum absolute atomic E-state index is 0.00767. The Morgan fingerprint density at radius 1 is 0.969 bits per heavy atom. The van der Waals surface area contributed by atoms with Crippen LogP contribution in [0.1, 0.15) is 22.9 Å². The molecule has 0 atom stereocenters. The number of nitrogens with zero attached hydrogens (tertiary/aromatic N) is 2. The summed E-state index contributed by atoms with van der Waals surface area (Å²) in [4.78, 5) is 22.1. The predicted molar refractivity (Wildman–Crippen MR) is 128 cm³/mol. The van der Waals surface area contributed by atoms with E-state index in [2.05, 4.69) is 54.3 Å². The van der Waals surface area contributed by atoms with Gasteiger partial charge in [0.05, 0.1) is 10.3 Å². The topological polar surface area (TPSA) is 101 Å². The third-order valence-corrected chi connectivity index (χ3v) is 7.63. The molecule has 9 heteroatoms. The molecule has 2 heterocycles. The van der Waals surface area contributed by atoms with Crippen molar-refractivity contribution in [2.24, 2.45) is 0 Å². The molecule has 0 spiro atoms. The van der Waals surface area contributed by atoms with Crippen molar-refractivity contribution in [3.05, 3.63) is 64.8 Å². The number of carbonyl (C=O) groups excluding carboxylic acids is 1. The summed E-state index contributed by atoms with van der Waals surface area (Å²) in [6, 6.07) is 12.5. The Balaban J connectivity index is 1.74. The van der Waals surface area contributed by atoms with Crippen LogP contribution in [0, 0.1) is 20.8 Å². The molecule has 0 aliphatic heterocycles. The number of hydrogen-bond acceptors (Lipinski definition) is 7. The van der Waals surface area contributed by atoms with Crippen LogP contribution in [0.25, 0.3) is 21.3 Å². The van der Waals surface area contributed by atoms with Crippen LogP contribution in [0.5, 0.6) is 0 Å². The number of fused-ring (bicyclic) bond motifs is 1. The molecule has 7 nitrogen and oxygen atoms in total. The molecular weight excluding hydrogens is 444 g/mol. The number of sulfonamides is 1. The third kappa shape index (κ3) is 4.21. The van der Waals surface area contributed by atoms with Crippen LogP contribution in [0.4, 0.5) is 11.5 Å². The summed E-state index contributed by atoms with van der Waals surface area (Å²) in [5.41, 5.74) is 5.30. The van der Waals surface area contributed by atoms with Crippen LogP contribution in [0.2, 0.25) is 0 Å². The van der Waals surface area contributed by atoms with Crippen molar-refractivity contribution >= 4 is 49.0 Å². The Kier molecular flexibility index (Phi) is 5.70. The highest BCUT2D eigenvalue weighted by molar-refractivity contribution is 7.90. The minimum atomic E-state index is -3.88. The SMILES string of the molecule is CC(=O)NS(=O)(=O)c1ccc(Nc2ncnc3sc(C)c(-c4ccc(C)c(C)c4)c23)cc1. The van der Waals surface area contributed by atoms with Gasteiger partial charge in [-0.25, -0.2) is 23.1 Å². The molecule has 4 rings (SSSR count). The fraction of sp³-hybridized carbons (Fsp3) is 0.174. The Labute approximate surface area is 190 Å². The average Bonchev–Trinajstić information content (AvgIpc) is 3.06. The van der Waals surface area contributed by atoms with Crippen molar-refractivity contribution in [2.75, 3.05) is 5.32 Å². The van der Waals surface area contributed by atoms with Gasteiger partial charge < -0.3 is 5.32 Å². The van der Waals surface area contributed by atoms with Crippen molar-refractivity contribution in [2.45, 2.75) is 32.6 Å². The smallest absolute Gasteiger partial charge is 0.264 e. The number of thiophene rings is 1. The summed E-state index contributed by atoms with van der Waals surface area (Å²) in [6.07, 6.45) is 1.51. The molecular formula is C23H22N4O3S2. The third-order valence-electron chi connectivity index (χ3n) is 5.17. The lowest BCUT2D eigenvalue weighted by Crippen LogP contribution is -2.28. The van der Waals surface area contributed by atoms with E-state index in [9.17, 15) is 13.2 Å². The lowest BCUT2D eigenvalue weighted by Gasteiger charge is -2.11. The van der Waals surface area contributed by atoms with Crippen molar-refractivity contribution in [1.82, 2.24) is 14.7 Å². The summed E-state index contributed by atoms with van der Waals surface area (Å²) in [7, 11) is -3.88. The van der Waals surface area contributed by atoms with Gasteiger partial charge in [0, 0.05) is 23.1 Å². The van der Waals surface area contributed by atoms with Crippen LogP contribution in [-0.2, 0) is 14.8 Å². The van der Waals surface area contributed by atoms with Crippen molar-refractivity contribution in [1.29, 1.82) is 0 Å². The summed E-state index contributed by atoms with van der Waals surface area (Å²) >= 11 is 1.61. The zero-order valence-corrected chi connectivity index (χ0v) is 19.7. The highest BCUT2D eigenvalue weighted by Gasteiger charge is 2.18. The average molecular weight is 467 g/mol. The van der Waals surface area contributed by atoms with Gasteiger partial charge in [0.25, 0.3) is 10.0 Å². The first-order chi connectivity index (χ1) is 15.2. The highest BCUT2D eigenvalue weighted by atomic mass is 32.2. The fourth-order valence-electron chi connectivity index (χ4n) is 3.49. The predicted octanol–water partition coefficient (Wildman–Crippen LogP) is 4.85. The number of nitrogens with one attached hydrogen (secondary N) is 2. The Hall–Kier alpha value is -3.30. The molecule has 0 bridgehead atoms. The second kappa shape index (κ2) is 8.33. The number of aromatic nitrogens is 2. The second-order valence-electron chi connectivity index (χ2n) is 7.55. The zero-order valence-electron chi connectivity index (χ0n) is 18.1. The monoisotopic (exact) mass is 466 g/mol. The second-order valence-corrected chi connectivity index (χ2v) is 10.4. The Bertz CT molecular complexity index is 1440. The van der Waals surface area contributed by atoms with E-state index >= 15 is 0 Å².